The second-order valence-electron chi connectivity index (χ2n) is 4.48. The molecule has 2 N–H and O–H groups in total. The maximum Gasteiger partial charge on any atom is 0.201 e. The zero-order chi connectivity index (χ0) is 14.0. The molecule has 0 saturated heterocycles. The van der Waals surface area contributed by atoms with Crippen molar-refractivity contribution in [3.05, 3.63) is 23.5 Å². The molecule has 0 amide bonds. The first-order chi connectivity index (χ1) is 9.06. The third-order valence-electron chi connectivity index (χ3n) is 3.13. The van der Waals surface area contributed by atoms with E-state index in [4.69, 9.17) is 15.2 Å². The summed E-state index contributed by atoms with van der Waals surface area (Å²) in [6.07, 6.45) is -0.130. The van der Waals surface area contributed by atoms with Gasteiger partial charge in [-0.15, -0.1) is 0 Å². The minimum atomic E-state index is -0.280. The monoisotopic (exact) mass is 267 g/mol. The highest BCUT2D eigenvalue weighted by Crippen LogP contribution is 2.22. The number of rotatable bonds is 5. The van der Waals surface area contributed by atoms with Crippen LogP contribution >= 0.6 is 0 Å². The summed E-state index contributed by atoms with van der Waals surface area (Å²) in [5, 5.41) is 0. The Balaban J connectivity index is 2.42. The van der Waals surface area contributed by atoms with Crippen LogP contribution in [0.2, 0.25) is 0 Å². The molecule has 1 aromatic carbocycles. The SMILES string of the molecule is COCC(Cn1c(N)nc2cc(F)c(C)cc21)OC. The van der Waals surface area contributed by atoms with E-state index < -0.39 is 0 Å². The first kappa shape index (κ1) is 13.8. The maximum atomic E-state index is 13.5. The zero-order valence-corrected chi connectivity index (χ0v) is 11.3. The van der Waals surface area contributed by atoms with Crippen LogP contribution in [0.15, 0.2) is 12.1 Å². The Morgan fingerprint density at radius 2 is 2.16 bits per heavy atom. The number of hydrogen-bond donors (Lipinski definition) is 1. The number of hydrogen-bond acceptors (Lipinski definition) is 4. The van der Waals surface area contributed by atoms with Gasteiger partial charge in [0, 0.05) is 20.3 Å². The second kappa shape index (κ2) is 5.54. The minimum Gasteiger partial charge on any atom is -0.382 e. The molecule has 0 saturated carbocycles. The summed E-state index contributed by atoms with van der Waals surface area (Å²) in [7, 11) is 3.23. The summed E-state index contributed by atoms with van der Waals surface area (Å²) in [5.41, 5.74) is 7.80. The number of nitrogens with zero attached hydrogens (tertiary/aromatic N) is 2. The quantitative estimate of drug-likeness (QED) is 0.896. The van der Waals surface area contributed by atoms with Gasteiger partial charge in [0.1, 0.15) is 5.82 Å². The van der Waals surface area contributed by atoms with Gasteiger partial charge >= 0.3 is 0 Å². The second-order valence-corrected chi connectivity index (χ2v) is 4.48. The van der Waals surface area contributed by atoms with E-state index in [2.05, 4.69) is 4.98 Å². The molecule has 2 rings (SSSR count). The number of aryl methyl sites for hydroxylation is 1. The van der Waals surface area contributed by atoms with E-state index in [1.54, 1.807) is 27.2 Å². The molecule has 2 aromatic rings. The smallest absolute Gasteiger partial charge is 0.201 e. The van der Waals surface area contributed by atoms with Gasteiger partial charge in [0.2, 0.25) is 5.95 Å². The molecule has 1 heterocycles. The number of anilines is 1. The van der Waals surface area contributed by atoms with Crippen LogP contribution in [0.3, 0.4) is 0 Å². The van der Waals surface area contributed by atoms with Gasteiger partial charge in [0.15, 0.2) is 0 Å². The molecule has 6 heteroatoms. The maximum absolute atomic E-state index is 13.5. The lowest BCUT2D eigenvalue weighted by atomic mass is 10.2. The Morgan fingerprint density at radius 1 is 1.42 bits per heavy atom. The summed E-state index contributed by atoms with van der Waals surface area (Å²) in [6.45, 7) is 2.68. The lowest BCUT2D eigenvalue weighted by molar-refractivity contribution is 0.0193. The van der Waals surface area contributed by atoms with E-state index in [-0.39, 0.29) is 11.9 Å². The largest absolute Gasteiger partial charge is 0.382 e. The fourth-order valence-electron chi connectivity index (χ4n) is 2.05. The van der Waals surface area contributed by atoms with Crippen LogP contribution < -0.4 is 5.73 Å². The number of fused-ring (bicyclic) bond motifs is 1. The molecule has 0 aliphatic rings. The number of aromatic nitrogens is 2. The van der Waals surface area contributed by atoms with Gasteiger partial charge in [-0.2, -0.15) is 0 Å². The normalized spacial score (nSPS) is 13.1. The Kier molecular flexibility index (Phi) is 4.01. The number of halogens is 1. The summed E-state index contributed by atoms with van der Waals surface area (Å²) >= 11 is 0. The van der Waals surface area contributed by atoms with Crippen molar-refractivity contribution in [2.45, 2.75) is 19.6 Å². The van der Waals surface area contributed by atoms with Crippen LogP contribution in [0.1, 0.15) is 5.56 Å². The summed E-state index contributed by atoms with van der Waals surface area (Å²) in [4.78, 5) is 4.17. The third kappa shape index (κ3) is 2.69. The van der Waals surface area contributed by atoms with Crippen LogP contribution in [0.25, 0.3) is 11.0 Å². The average Bonchev–Trinajstić information content (AvgIpc) is 2.66. The highest BCUT2D eigenvalue weighted by atomic mass is 19.1. The van der Waals surface area contributed by atoms with Crippen molar-refractivity contribution in [3.8, 4) is 0 Å². The van der Waals surface area contributed by atoms with Crippen molar-refractivity contribution >= 4 is 17.0 Å². The standard InChI is InChI=1S/C13H18FN3O2/c1-8-4-12-11(5-10(8)14)16-13(15)17(12)6-9(19-3)7-18-2/h4-5,9H,6-7H2,1-3H3,(H2,15,16). The van der Waals surface area contributed by atoms with E-state index in [0.29, 0.717) is 30.2 Å². The highest BCUT2D eigenvalue weighted by Gasteiger charge is 2.15. The number of nitrogens with two attached hydrogens (primary N) is 1. The average molecular weight is 267 g/mol. The van der Waals surface area contributed by atoms with E-state index in [1.165, 1.54) is 6.07 Å². The van der Waals surface area contributed by atoms with E-state index in [9.17, 15) is 4.39 Å². The molecular weight excluding hydrogens is 249 g/mol. The molecule has 0 aliphatic heterocycles. The van der Waals surface area contributed by atoms with Crippen LogP contribution in [0, 0.1) is 12.7 Å². The molecule has 104 valence electrons. The molecule has 0 fully saturated rings. The molecule has 0 spiro atoms. The Bertz CT molecular complexity index is 583. The fraction of sp³-hybridized carbons (Fsp3) is 0.462. The van der Waals surface area contributed by atoms with Crippen LogP contribution in [0.5, 0.6) is 0 Å². The van der Waals surface area contributed by atoms with Gasteiger partial charge in [0.25, 0.3) is 0 Å². The van der Waals surface area contributed by atoms with Crippen molar-refractivity contribution in [3.63, 3.8) is 0 Å². The number of nitrogen functional groups attached to an aromatic ring is 1. The third-order valence-corrected chi connectivity index (χ3v) is 3.13. The van der Waals surface area contributed by atoms with Crippen molar-refractivity contribution in [1.29, 1.82) is 0 Å². The fourth-order valence-corrected chi connectivity index (χ4v) is 2.05. The van der Waals surface area contributed by atoms with Gasteiger partial charge in [-0.1, -0.05) is 0 Å². The van der Waals surface area contributed by atoms with Gasteiger partial charge in [0.05, 0.1) is 30.3 Å². The molecule has 0 bridgehead atoms. The van der Waals surface area contributed by atoms with Crippen molar-refractivity contribution in [1.82, 2.24) is 9.55 Å². The van der Waals surface area contributed by atoms with Crippen molar-refractivity contribution in [2.75, 3.05) is 26.6 Å². The predicted octanol–water partition coefficient (Wildman–Crippen LogP) is 1.73. The number of benzene rings is 1. The lowest BCUT2D eigenvalue weighted by Gasteiger charge is -2.16. The molecule has 0 aliphatic carbocycles. The Hall–Kier alpha value is -1.66. The van der Waals surface area contributed by atoms with Crippen molar-refractivity contribution < 1.29 is 13.9 Å². The molecule has 1 atom stereocenters. The van der Waals surface area contributed by atoms with E-state index in [1.807, 2.05) is 4.57 Å². The van der Waals surface area contributed by atoms with Gasteiger partial charge in [-0.25, -0.2) is 9.37 Å². The molecular formula is C13H18FN3O2. The summed E-state index contributed by atoms with van der Waals surface area (Å²) < 4.78 is 25.7. The summed E-state index contributed by atoms with van der Waals surface area (Å²) in [5.74, 6) is 0.0653. The first-order valence-electron chi connectivity index (χ1n) is 6.00. The number of imidazole rings is 1. The van der Waals surface area contributed by atoms with Crippen LogP contribution in [0.4, 0.5) is 10.3 Å². The van der Waals surface area contributed by atoms with Gasteiger partial charge in [-0.05, 0) is 18.6 Å². The first-order valence-corrected chi connectivity index (χ1v) is 6.00. The number of methoxy groups -OCH3 is 2. The Morgan fingerprint density at radius 3 is 2.79 bits per heavy atom. The molecule has 19 heavy (non-hydrogen) atoms. The molecule has 0 radical (unpaired) electrons. The zero-order valence-electron chi connectivity index (χ0n) is 11.3. The van der Waals surface area contributed by atoms with Crippen LogP contribution in [-0.4, -0.2) is 36.5 Å². The molecule has 1 aromatic heterocycles. The summed E-state index contributed by atoms with van der Waals surface area (Å²) in [6, 6.07) is 3.14. The predicted molar refractivity (Wildman–Crippen MR) is 71.5 cm³/mol. The lowest BCUT2D eigenvalue weighted by Crippen LogP contribution is -2.24. The van der Waals surface area contributed by atoms with Gasteiger partial charge in [-0.3, -0.25) is 0 Å². The van der Waals surface area contributed by atoms with E-state index >= 15 is 0 Å². The van der Waals surface area contributed by atoms with Gasteiger partial charge < -0.3 is 19.8 Å². The number of ether oxygens (including phenoxy) is 2. The molecule has 1 unspecified atom stereocenters. The minimum absolute atomic E-state index is 0.130. The van der Waals surface area contributed by atoms with E-state index in [0.717, 1.165) is 5.52 Å². The topological polar surface area (TPSA) is 62.3 Å². The van der Waals surface area contributed by atoms with Crippen molar-refractivity contribution in [2.24, 2.45) is 0 Å². The van der Waals surface area contributed by atoms with Crippen LogP contribution in [-0.2, 0) is 16.0 Å². The highest BCUT2D eigenvalue weighted by molar-refractivity contribution is 5.79. The molecule has 5 nitrogen and oxygen atoms in total. The Labute approximate surface area is 111 Å².